The Kier molecular flexibility index (Phi) is 6.00. The van der Waals surface area contributed by atoms with Crippen LogP contribution in [0.5, 0.6) is 0 Å². The van der Waals surface area contributed by atoms with E-state index in [-0.39, 0.29) is 11.4 Å². The minimum atomic E-state index is -0.189. The van der Waals surface area contributed by atoms with Crippen molar-refractivity contribution in [2.75, 3.05) is 6.54 Å². The van der Waals surface area contributed by atoms with E-state index in [9.17, 15) is 4.39 Å². The molecule has 0 heterocycles. The molecule has 0 aliphatic rings. The van der Waals surface area contributed by atoms with E-state index in [1.807, 2.05) is 6.07 Å². The molecule has 0 saturated heterocycles. The van der Waals surface area contributed by atoms with Gasteiger partial charge in [0.2, 0.25) is 0 Å². The van der Waals surface area contributed by atoms with Crippen molar-refractivity contribution in [1.82, 2.24) is 5.32 Å². The fourth-order valence-electron chi connectivity index (χ4n) is 1.90. The van der Waals surface area contributed by atoms with Crippen LogP contribution in [0.15, 0.2) is 22.7 Å². The molecular formula is C16H25BrFN. The maximum atomic E-state index is 13.1. The van der Waals surface area contributed by atoms with Crippen LogP contribution >= 0.6 is 15.9 Å². The summed E-state index contributed by atoms with van der Waals surface area (Å²) in [5.74, 6) is 0.943. The number of rotatable bonds is 5. The predicted octanol–water partition coefficient (Wildman–Crippen LogP) is 4.79. The van der Waals surface area contributed by atoms with Gasteiger partial charge in [0.1, 0.15) is 5.82 Å². The molecule has 2 unspecified atom stereocenters. The molecule has 1 aromatic carbocycles. The lowest BCUT2D eigenvalue weighted by molar-refractivity contribution is 0.317. The summed E-state index contributed by atoms with van der Waals surface area (Å²) in [5.41, 5.74) is 1.33. The smallest absolute Gasteiger partial charge is 0.124 e. The maximum absolute atomic E-state index is 13.1. The van der Waals surface area contributed by atoms with Crippen LogP contribution in [0.2, 0.25) is 0 Å². The summed E-state index contributed by atoms with van der Waals surface area (Å²) in [6.07, 6.45) is 0.966. The Bertz CT molecular complexity index is 412. The van der Waals surface area contributed by atoms with E-state index in [4.69, 9.17) is 0 Å². The molecule has 1 aromatic rings. The van der Waals surface area contributed by atoms with Crippen LogP contribution in [-0.4, -0.2) is 12.1 Å². The first kappa shape index (κ1) is 16.6. The van der Waals surface area contributed by atoms with E-state index in [0.29, 0.717) is 11.8 Å². The zero-order valence-corrected chi connectivity index (χ0v) is 14.1. The van der Waals surface area contributed by atoms with Gasteiger partial charge in [-0.05, 0) is 63.3 Å². The maximum Gasteiger partial charge on any atom is 0.124 e. The Labute approximate surface area is 125 Å². The summed E-state index contributed by atoms with van der Waals surface area (Å²) in [5, 5.41) is 3.54. The zero-order chi connectivity index (χ0) is 14.6. The molecule has 1 rings (SSSR count). The van der Waals surface area contributed by atoms with Gasteiger partial charge in [0.25, 0.3) is 0 Å². The van der Waals surface area contributed by atoms with Gasteiger partial charge in [-0.2, -0.15) is 0 Å². The predicted molar refractivity (Wildman–Crippen MR) is 83.9 cm³/mol. The summed E-state index contributed by atoms with van der Waals surface area (Å²) in [4.78, 5) is 0. The van der Waals surface area contributed by atoms with Crippen molar-refractivity contribution in [3.05, 3.63) is 34.1 Å². The van der Waals surface area contributed by atoms with Crippen LogP contribution in [0.25, 0.3) is 0 Å². The van der Waals surface area contributed by atoms with Gasteiger partial charge in [-0.15, -0.1) is 0 Å². The van der Waals surface area contributed by atoms with E-state index < -0.39 is 0 Å². The second-order valence-corrected chi connectivity index (χ2v) is 7.38. The summed E-state index contributed by atoms with van der Waals surface area (Å²) in [7, 11) is 0. The van der Waals surface area contributed by atoms with Gasteiger partial charge < -0.3 is 5.32 Å². The molecule has 3 heteroatoms. The van der Waals surface area contributed by atoms with E-state index in [1.54, 1.807) is 6.07 Å². The van der Waals surface area contributed by atoms with Crippen LogP contribution in [0.4, 0.5) is 4.39 Å². The topological polar surface area (TPSA) is 12.0 Å². The number of nitrogens with one attached hydrogen (secondary N) is 1. The van der Waals surface area contributed by atoms with E-state index in [2.05, 4.69) is 55.9 Å². The first-order valence-electron chi connectivity index (χ1n) is 6.88. The highest BCUT2D eigenvalue weighted by Crippen LogP contribution is 2.24. The van der Waals surface area contributed by atoms with Crippen molar-refractivity contribution in [1.29, 1.82) is 0 Å². The summed E-state index contributed by atoms with van der Waals surface area (Å²) < 4.78 is 13.9. The summed E-state index contributed by atoms with van der Waals surface area (Å²) in [6.45, 7) is 12.1. The quantitative estimate of drug-likeness (QED) is 0.818. The molecule has 0 saturated carbocycles. The first-order chi connectivity index (χ1) is 8.69. The normalized spacial score (nSPS) is 15.3. The van der Waals surface area contributed by atoms with E-state index in [0.717, 1.165) is 17.4 Å². The molecule has 108 valence electrons. The Morgan fingerprint density at radius 1 is 1.21 bits per heavy atom. The summed E-state index contributed by atoms with van der Waals surface area (Å²) >= 11 is 3.44. The highest BCUT2D eigenvalue weighted by atomic mass is 79.9. The fourth-order valence-corrected chi connectivity index (χ4v) is 2.42. The minimum absolute atomic E-state index is 0.157. The molecule has 0 amide bonds. The largest absolute Gasteiger partial charge is 0.312 e. The van der Waals surface area contributed by atoms with Crippen LogP contribution in [0, 0.1) is 17.7 Å². The highest BCUT2D eigenvalue weighted by molar-refractivity contribution is 9.10. The van der Waals surface area contributed by atoms with Crippen molar-refractivity contribution in [3.63, 3.8) is 0 Å². The van der Waals surface area contributed by atoms with Crippen molar-refractivity contribution >= 4 is 15.9 Å². The molecule has 1 nitrogen and oxygen atoms in total. The number of hydrogen-bond donors (Lipinski definition) is 1. The molecule has 0 aromatic heterocycles. The molecule has 0 bridgehead atoms. The van der Waals surface area contributed by atoms with Crippen LogP contribution < -0.4 is 5.32 Å². The number of hydrogen-bond acceptors (Lipinski definition) is 1. The van der Waals surface area contributed by atoms with Crippen LogP contribution in [0.1, 0.15) is 40.2 Å². The highest BCUT2D eigenvalue weighted by Gasteiger charge is 2.17. The van der Waals surface area contributed by atoms with Gasteiger partial charge in [0, 0.05) is 10.0 Å². The van der Waals surface area contributed by atoms with Gasteiger partial charge in [-0.25, -0.2) is 4.39 Å². The van der Waals surface area contributed by atoms with Crippen LogP contribution in [-0.2, 0) is 6.42 Å². The average Bonchev–Trinajstić information content (AvgIpc) is 2.28. The molecule has 0 aliphatic carbocycles. The van der Waals surface area contributed by atoms with Gasteiger partial charge in [0.05, 0.1) is 0 Å². The molecule has 0 fully saturated rings. The standard InChI is InChI=1S/C16H25BrFN/c1-11(12(2)10-19-16(3,4)5)8-13-6-7-14(18)9-15(13)17/h6-7,9,11-12,19H,8,10H2,1-5H3. The molecule has 0 spiro atoms. The Hall–Kier alpha value is -0.410. The first-order valence-corrected chi connectivity index (χ1v) is 7.67. The fraction of sp³-hybridized carbons (Fsp3) is 0.625. The van der Waals surface area contributed by atoms with Crippen molar-refractivity contribution in [2.24, 2.45) is 11.8 Å². The van der Waals surface area contributed by atoms with E-state index >= 15 is 0 Å². The average molecular weight is 330 g/mol. The monoisotopic (exact) mass is 329 g/mol. The molecular weight excluding hydrogens is 305 g/mol. The third-order valence-electron chi connectivity index (χ3n) is 3.48. The molecule has 0 radical (unpaired) electrons. The van der Waals surface area contributed by atoms with Crippen molar-refractivity contribution in [2.45, 2.75) is 46.6 Å². The molecule has 19 heavy (non-hydrogen) atoms. The third kappa shape index (κ3) is 6.05. The second-order valence-electron chi connectivity index (χ2n) is 6.53. The van der Waals surface area contributed by atoms with E-state index in [1.165, 1.54) is 11.6 Å². The number of halogens is 2. The molecule has 0 aliphatic heterocycles. The summed E-state index contributed by atoms with van der Waals surface area (Å²) in [6, 6.07) is 4.95. The zero-order valence-electron chi connectivity index (χ0n) is 12.6. The van der Waals surface area contributed by atoms with Gasteiger partial charge in [-0.3, -0.25) is 0 Å². The lowest BCUT2D eigenvalue weighted by Crippen LogP contribution is -2.40. The van der Waals surface area contributed by atoms with Gasteiger partial charge >= 0.3 is 0 Å². The number of benzene rings is 1. The third-order valence-corrected chi connectivity index (χ3v) is 4.22. The van der Waals surface area contributed by atoms with Crippen molar-refractivity contribution in [3.8, 4) is 0 Å². The van der Waals surface area contributed by atoms with Gasteiger partial charge in [-0.1, -0.05) is 35.8 Å². The second kappa shape index (κ2) is 6.85. The molecule has 1 N–H and O–H groups in total. The minimum Gasteiger partial charge on any atom is -0.312 e. The Morgan fingerprint density at radius 2 is 1.84 bits per heavy atom. The van der Waals surface area contributed by atoms with Crippen molar-refractivity contribution < 1.29 is 4.39 Å². The Morgan fingerprint density at radius 3 is 2.37 bits per heavy atom. The lowest BCUT2D eigenvalue weighted by Gasteiger charge is -2.27. The Balaban J connectivity index is 2.56. The SMILES string of the molecule is CC(CNC(C)(C)C)C(C)Cc1ccc(F)cc1Br. The van der Waals surface area contributed by atoms with Gasteiger partial charge in [0.15, 0.2) is 0 Å². The van der Waals surface area contributed by atoms with Crippen LogP contribution in [0.3, 0.4) is 0 Å². The lowest BCUT2D eigenvalue weighted by atomic mass is 9.89. The molecule has 2 atom stereocenters.